The van der Waals surface area contributed by atoms with Crippen molar-refractivity contribution < 1.29 is 28.8 Å². The third kappa shape index (κ3) is 5.38. The average molecular weight is 530 g/mol. The third-order valence-electron chi connectivity index (χ3n) is 7.13. The van der Waals surface area contributed by atoms with Gasteiger partial charge in [-0.05, 0) is 42.2 Å². The number of nitrogens with zero attached hydrogens (tertiary/aromatic N) is 2. The van der Waals surface area contributed by atoms with E-state index in [0.29, 0.717) is 62.2 Å². The number of fused-ring (bicyclic) bond motifs is 4. The monoisotopic (exact) mass is 529 g/mol. The van der Waals surface area contributed by atoms with Crippen LogP contribution >= 0.6 is 0 Å². The highest BCUT2D eigenvalue weighted by Gasteiger charge is 2.31. The molecule has 9 heteroatoms. The van der Waals surface area contributed by atoms with Gasteiger partial charge in [-0.25, -0.2) is 0 Å². The number of aliphatic hydroxyl groups excluding tert-OH is 1. The molecule has 0 fully saturated rings. The lowest BCUT2D eigenvalue weighted by molar-refractivity contribution is -0.113. The Bertz CT molecular complexity index is 1400. The Kier molecular flexibility index (Phi) is 7.53. The number of hydrogen-bond acceptors (Lipinski definition) is 9. The van der Waals surface area contributed by atoms with E-state index in [9.17, 15) is 9.90 Å². The van der Waals surface area contributed by atoms with Crippen molar-refractivity contribution in [3.8, 4) is 11.1 Å². The van der Waals surface area contributed by atoms with E-state index < -0.39 is 0 Å². The van der Waals surface area contributed by atoms with Gasteiger partial charge in [0.05, 0.1) is 50.7 Å². The number of nitrogens with one attached hydrogen (secondary N) is 1. The van der Waals surface area contributed by atoms with Gasteiger partial charge in [-0.3, -0.25) is 14.8 Å². The lowest BCUT2D eigenvalue weighted by atomic mass is 9.86. The molecule has 0 spiro atoms. The zero-order valence-corrected chi connectivity index (χ0v) is 21.7. The summed E-state index contributed by atoms with van der Waals surface area (Å²) in [7, 11) is 0. The van der Waals surface area contributed by atoms with E-state index in [0.717, 1.165) is 46.4 Å². The molecular formula is C30H31N3O6. The fourth-order valence-electron chi connectivity index (χ4n) is 5.30. The molecule has 0 aromatic rings. The predicted molar refractivity (Wildman–Crippen MR) is 146 cm³/mol. The molecule has 8 bridgehead atoms. The van der Waals surface area contributed by atoms with Crippen molar-refractivity contribution >= 4 is 23.3 Å². The van der Waals surface area contributed by atoms with Crippen molar-refractivity contribution in [1.82, 2.24) is 10.3 Å². The number of ether oxygens (including phenoxy) is 4. The number of rotatable bonds is 0. The van der Waals surface area contributed by atoms with E-state index in [-0.39, 0.29) is 31.2 Å². The Morgan fingerprint density at radius 2 is 1.79 bits per heavy atom. The molecule has 3 aliphatic carbocycles. The number of aliphatic imine (C=N–C) groups is 1. The molecule has 9 nitrogen and oxygen atoms in total. The van der Waals surface area contributed by atoms with Crippen LogP contribution in [-0.4, -0.2) is 74.9 Å². The standard InChI is InChI=1S/C30H31N3O6/c34-27-15-28(35)29-23-12-19-2-1-3-26(22(19)13-20-16-31-17-25(20)23)32-4-6-36-8-9-37-10-11-38-18-21-14-24(27)30(29)33-5-7-39-21/h3,5,12-14,16-17,32,34H,1-2,4,6-11,15,18H2/b21-14-,33-5?. The number of ketones is 1. The second-order valence-electron chi connectivity index (χ2n) is 9.70. The molecule has 0 aromatic heterocycles. The van der Waals surface area contributed by atoms with Crippen LogP contribution in [0.1, 0.15) is 29.5 Å². The Balaban J connectivity index is 1.52. The normalized spacial score (nSPS) is 22.3. The molecule has 0 amide bonds. The van der Waals surface area contributed by atoms with E-state index in [1.54, 1.807) is 18.5 Å². The number of aromatic nitrogens is 1. The van der Waals surface area contributed by atoms with Gasteiger partial charge in [0.25, 0.3) is 0 Å². The van der Waals surface area contributed by atoms with Gasteiger partial charge in [-0.15, -0.1) is 0 Å². The third-order valence-corrected chi connectivity index (χ3v) is 7.13. The van der Waals surface area contributed by atoms with Gasteiger partial charge in [0, 0.05) is 53.1 Å². The van der Waals surface area contributed by atoms with Gasteiger partial charge >= 0.3 is 0 Å². The van der Waals surface area contributed by atoms with Gasteiger partial charge in [0.15, 0.2) is 5.78 Å². The van der Waals surface area contributed by atoms with Gasteiger partial charge in [0.1, 0.15) is 24.7 Å². The van der Waals surface area contributed by atoms with Crippen LogP contribution in [0.4, 0.5) is 0 Å². The highest BCUT2D eigenvalue weighted by atomic mass is 16.6. The first-order valence-electron chi connectivity index (χ1n) is 13.3. The molecule has 0 unspecified atom stereocenters. The SMILES string of the molecule is O=C1CC(O)=C2/C=C3/COCCOCCOCCNC4=CCCc5cc(c6cncc-6cc54)C1=C2N=CCO3. The van der Waals surface area contributed by atoms with Crippen molar-refractivity contribution in [2.45, 2.75) is 19.3 Å². The molecule has 0 saturated carbocycles. The quantitative estimate of drug-likeness (QED) is 0.533. The predicted octanol–water partition coefficient (Wildman–Crippen LogP) is 3.61. The second-order valence-corrected chi connectivity index (χ2v) is 9.70. The Labute approximate surface area is 226 Å². The maximum Gasteiger partial charge on any atom is 0.173 e. The molecule has 0 radical (unpaired) electrons. The first-order chi connectivity index (χ1) is 19.2. The fourth-order valence-corrected chi connectivity index (χ4v) is 5.30. The smallest absolute Gasteiger partial charge is 0.173 e. The molecule has 3 heterocycles. The summed E-state index contributed by atoms with van der Waals surface area (Å²) in [6, 6.07) is 4.24. The van der Waals surface area contributed by atoms with Gasteiger partial charge in [-0.1, -0.05) is 6.08 Å². The minimum atomic E-state index is -0.184. The second kappa shape index (κ2) is 11.5. The van der Waals surface area contributed by atoms with Gasteiger partial charge in [-0.2, -0.15) is 0 Å². The van der Waals surface area contributed by atoms with Crippen molar-refractivity contribution in [2.24, 2.45) is 4.99 Å². The molecule has 2 N–H and O–H groups in total. The van der Waals surface area contributed by atoms with E-state index in [4.69, 9.17) is 18.9 Å². The van der Waals surface area contributed by atoms with Crippen molar-refractivity contribution in [2.75, 3.05) is 52.8 Å². The minimum absolute atomic E-state index is 0.0331. The number of aryl methyl sites for hydroxylation is 1. The lowest BCUT2D eigenvalue weighted by Gasteiger charge is -2.22. The van der Waals surface area contributed by atoms with Crippen molar-refractivity contribution in [3.05, 3.63) is 76.2 Å². The molecule has 39 heavy (non-hydrogen) atoms. The van der Waals surface area contributed by atoms with Crippen molar-refractivity contribution in [1.29, 1.82) is 0 Å². The molecule has 3 aliphatic heterocycles. The Hall–Kier alpha value is -3.79. The highest BCUT2D eigenvalue weighted by Crippen LogP contribution is 2.41. The average Bonchev–Trinajstić information content (AvgIpc) is 3.31. The van der Waals surface area contributed by atoms with Crippen LogP contribution in [0.5, 0.6) is 0 Å². The number of carbonyl (C=O) groups excluding carboxylic acids is 1. The van der Waals surface area contributed by atoms with Crippen LogP contribution in [0.25, 0.3) is 22.4 Å². The molecule has 0 atom stereocenters. The van der Waals surface area contributed by atoms with Crippen LogP contribution in [0.15, 0.2) is 64.5 Å². The minimum Gasteiger partial charge on any atom is -0.511 e. The Morgan fingerprint density at radius 1 is 0.949 bits per heavy atom. The topological polar surface area (TPSA) is 112 Å². The highest BCUT2D eigenvalue weighted by molar-refractivity contribution is 6.25. The van der Waals surface area contributed by atoms with Gasteiger partial charge in [0.2, 0.25) is 0 Å². The summed E-state index contributed by atoms with van der Waals surface area (Å²) in [5, 5.41) is 14.4. The first kappa shape index (κ1) is 25.5. The Morgan fingerprint density at radius 3 is 2.69 bits per heavy atom. The van der Waals surface area contributed by atoms with Crippen LogP contribution in [0.3, 0.4) is 0 Å². The van der Waals surface area contributed by atoms with E-state index >= 15 is 0 Å². The van der Waals surface area contributed by atoms with E-state index in [2.05, 4.69) is 33.5 Å². The van der Waals surface area contributed by atoms with Crippen LogP contribution < -0.4 is 5.32 Å². The summed E-state index contributed by atoms with van der Waals surface area (Å²) < 4.78 is 22.9. The largest absolute Gasteiger partial charge is 0.511 e. The molecule has 6 aliphatic rings. The lowest BCUT2D eigenvalue weighted by Crippen LogP contribution is -2.21. The van der Waals surface area contributed by atoms with Crippen molar-refractivity contribution in [3.63, 3.8) is 0 Å². The number of Topliss-reactive ketones (excluding diaryl/α,β-unsaturated/α-hetero) is 1. The number of carbonyl (C=O) groups is 1. The van der Waals surface area contributed by atoms with Crippen LogP contribution in [-0.2, 0) is 30.2 Å². The summed E-state index contributed by atoms with van der Waals surface area (Å²) in [4.78, 5) is 22.7. The summed E-state index contributed by atoms with van der Waals surface area (Å²) >= 11 is 0. The summed E-state index contributed by atoms with van der Waals surface area (Å²) in [6.07, 6.45) is 10.8. The van der Waals surface area contributed by atoms with Crippen LogP contribution in [0.2, 0.25) is 0 Å². The molecule has 6 rings (SSSR count). The molecular weight excluding hydrogens is 498 g/mol. The zero-order valence-electron chi connectivity index (χ0n) is 21.7. The summed E-state index contributed by atoms with van der Waals surface area (Å²) in [6.45, 7) is 3.43. The maximum absolute atomic E-state index is 13.6. The molecule has 0 aromatic carbocycles. The molecule has 0 saturated heterocycles. The number of aliphatic hydroxyl groups is 1. The summed E-state index contributed by atoms with van der Waals surface area (Å²) in [5.74, 6) is 0.324. The van der Waals surface area contributed by atoms with Crippen LogP contribution in [0, 0.1) is 0 Å². The number of allylic oxidation sites excluding steroid dienone is 4. The summed E-state index contributed by atoms with van der Waals surface area (Å²) in [5.41, 5.74) is 7.21. The maximum atomic E-state index is 13.6. The zero-order chi connectivity index (χ0) is 26.6. The number of hydrogen-bond donors (Lipinski definition) is 2. The van der Waals surface area contributed by atoms with E-state index in [1.807, 2.05) is 6.20 Å². The van der Waals surface area contributed by atoms with Gasteiger partial charge < -0.3 is 29.4 Å². The first-order valence-corrected chi connectivity index (χ1v) is 13.3. The van der Waals surface area contributed by atoms with E-state index in [1.165, 1.54) is 0 Å². The molecule has 202 valence electrons. The fraction of sp³-hybridized carbons (Fsp3) is 0.367.